The zero-order valence-electron chi connectivity index (χ0n) is 14.4. The predicted octanol–water partition coefficient (Wildman–Crippen LogP) is 1.76. The van der Waals surface area contributed by atoms with E-state index < -0.39 is 17.5 Å². The van der Waals surface area contributed by atoms with Crippen molar-refractivity contribution in [2.24, 2.45) is 0 Å². The summed E-state index contributed by atoms with van der Waals surface area (Å²) in [6, 6.07) is 2.82. The molecule has 2 aliphatic rings. The van der Waals surface area contributed by atoms with Crippen LogP contribution in [0, 0.1) is 0 Å². The first-order valence-corrected chi connectivity index (χ1v) is 8.45. The van der Waals surface area contributed by atoms with Crippen LogP contribution in [-0.2, 0) is 22.4 Å². The van der Waals surface area contributed by atoms with E-state index in [1.807, 2.05) is 0 Å². The Kier molecular flexibility index (Phi) is 4.41. The molecule has 1 fully saturated rings. The number of fused-ring (bicyclic) bond motifs is 1. The topological polar surface area (TPSA) is 95.9 Å². The molecule has 25 heavy (non-hydrogen) atoms. The van der Waals surface area contributed by atoms with E-state index in [2.05, 4.69) is 5.32 Å². The van der Waals surface area contributed by atoms with Crippen molar-refractivity contribution in [2.45, 2.75) is 45.1 Å². The van der Waals surface area contributed by atoms with Crippen molar-refractivity contribution >= 4 is 17.9 Å². The van der Waals surface area contributed by atoms with E-state index in [1.165, 1.54) is 0 Å². The molecule has 0 saturated carbocycles. The molecule has 1 aliphatic heterocycles. The monoisotopic (exact) mass is 346 g/mol. The standard InChI is InChI=1S/C18H22N2O5/c1-18(2)16(23)20(17(24)19-18)7-8-25-15(22)13-9-11-5-3-4-6-12(11)10-14(13)21/h9-10,21H,3-8H2,1-2H3,(H,19,24). The lowest BCUT2D eigenvalue weighted by Gasteiger charge is -2.18. The fourth-order valence-corrected chi connectivity index (χ4v) is 3.26. The summed E-state index contributed by atoms with van der Waals surface area (Å²) < 4.78 is 5.15. The first kappa shape index (κ1) is 17.3. The predicted molar refractivity (Wildman–Crippen MR) is 89.4 cm³/mol. The molecule has 1 aromatic carbocycles. The van der Waals surface area contributed by atoms with Gasteiger partial charge >= 0.3 is 12.0 Å². The Balaban J connectivity index is 1.62. The molecule has 3 rings (SSSR count). The number of aryl methyl sites for hydroxylation is 2. The number of nitrogens with one attached hydrogen (secondary N) is 1. The maximum atomic E-state index is 12.2. The van der Waals surface area contributed by atoms with E-state index in [-0.39, 0.29) is 30.4 Å². The quantitative estimate of drug-likeness (QED) is 0.640. The molecule has 0 spiro atoms. The minimum atomic E-state index is -0.947. The minimum Gasteiger partial charge on any atom is -0.507 e. The van der Waals surface area contributed by atoms with Crippen LogP contribution in [0.4, 0.5) is 4.79 Å². The van der Waals surface area contributed by atoms with Gasteiger partial charge in [-0.2, -0.15) is 0 Å². The first-order valence-electron chi connectivity index (χ1n) is 8.45. The van der Waals surface area contributed by atoms with Gasteiger partial charge in [0.1, 0.15) is 23.5 Å². The second kappa shape index (κ2) is 6.38. The van der Waals surface area contributed by atoms with E-state index in [9.17, 15) is 19.5 Å². The molecule has 0 unspecified atom stereocenters. The van der Waals surface area contributed by atoms with Crippen LogP contribution in [-0.4, -0.2) is 46.6 Å². The zero-order chi connectivity index (χ0) is 18.2. The maximum Gasteiger partial charge on any atom is 0.341 e. The molecular weight excluding hydrogens is 324 g/mol. The number of hydrogen-bond donors (Lipinski definition) is 2. The van der Waals surface area contributed by atoms with E-state index >= 15 is 0 Å². The van der Waals surface area contributed by atoms with Gasteiger partial charge in [0.15, 0.2) is 0 Å². The number of rotatable bonds is 4. The summed E-state index contributed by atoms with van der Waals surface area (Å²) in [5.41, 5.74) is 1.31. The molecule has 0 aromatic heterocycles. The third kappa shape index (κ3) is 3.31. The van der Waals surface area contributed by atoms with Gasteiger partial charge in [-0.25, -0.2) is 9.59 Å². The van der Waals surface area contributed by atoms with Gasteiger partial charge in [-0.1, -0.05) is 0 Å². The summed E-state index contributed by atoms with van der Waals surface area (Å²) in [5.74, 6) is -1.11. The number of hydrogen-bond acceptors (Lipinski definition) is 5. The van der Waals surface area contributed by atoms with Gasteiger partial charge in [0.2, 0.25) is 0 Å². The molecular formula is C18H22N2O5. The minimum absolute atomic E-state index is 0.0223. The van der Waals surface area contributed by atoms with Crippen molar-refractivity contribution in [2.75, 3.05) is 13.2 Å². The Hall–Kier alpha value is -2.57. The number of esters is 1. The molecule has 0 atom stereocenters. The molecule has 2 N–H and O–H groups in total. The fraction of sp³-hybridized carbons (Fsp3) is 0.500. The van der Waals surface area contributed by atoms with Crippen LogP contribution in [0.3, 0.4) is 0 Å². The number of benzene rings is 1. The van der Waals surface area contributed by atoms with Gasteiger partial charge in [-0.3, -0.25) is 9.69 Å². The number of aromatic hydroxyl groups is 1. The van der Waals surface area contributed by atoms with Crippen molar-refractivity contribution in [3.05, 3.63) is 28.8 Å². The van der Waals surface area contributed by atoms with Crippen LogP contribution in [0.25, 0.3) is 0 Å². The summed E-state index contributed by atoms with van der Waals surface area (Å²) >= 11 is 0. The highest BCUT2D eigenvalue weighted by Crippen LogP contribution is 2.29. The van der Waals surface area contributed by atoms with E-state index in [0.29, 0.717) is 0 Å². The van der Waals surface area contributed by atoms with Gasteiger partial charge in [-0.15, -0.1) is 0 Å². The third-order valence-corrected chi connectivity index (χ3v) is 4.67. The highest BCUT2D eigenvalue weighted by atomic mass is 16.5. The molecule has 0 bridgehead atoms. The number of phenolic OH excluding ortho intramolecular Hbond substituents is 1. The summed E-state index contributed by atoms with van der Waals surface area (Å²) in [4.78, 5) is 37.1. The highest BCUT2D eigenvalue weighted by Gasteiger charge is 2.44. The van der Waals surface area contributed by atoms with Crippen LogP contribution >= 0.6 is 0 Å². The lowest BCUT2D eigenvalue weighted by molar-refractivity contribution is -0.130. The molecule has 1 heterocycles. The lowest BCUT2D eigenvalue weighted by Crippen LogP contribution is -2.40. The normalized spacial score (nSPS) is 18.7. The smallest absolute Gasteiger partial charge is 0.341 e. The van der Waals surface area contributed by atoms with Crippen molar-refractivity contribution < 1.29 is 24.2 Å². The molecule has 7 heteroatoms. The van der Waals surface area contributed by atoms with Gasteiger partial charge in [0.25, 0.3) is 5.91 Å². The number of phenols is 1. The third-order valence-electron chi connectivity index (χ3n) is 4.67. The molecule has 1 aromatic rings. The zero-order valence-corrected chi connectivity index (χ0v) is 14.4. The largest absolute Gasteiger partial charge is 0.507 e. The van der Waals surface area contributed by atoms with Crippen LogP contribution in [0.15, 0.2) is 12.1 Å². The maximum absolute atomic E-state index is 12.2. The van der Waals surface area contributed by atoms with Gasteiger partial charge in [-0.05, 0) is 62.8 Å². The number of ether oxygens (including phenoxy) is 1. The second-order valence-electron chi connectivity index (χ2n) is 6.99. The number of carbonyl (C=O) groups is 3. The van der Waals surface area contributed by atoms with Crippen molar-refractivity contribution in [3.8, 4) is 5.75 Å². The molecule has 3 amide bonds. The Bertz CT molecular complexity index is 741. The highest BCUT2D eigenvalue weighted by molar-refractivity contribution is 6.06. The molecule has 1 saturated heterocycles. The Morgan fingerprint density at radius 1 is 1.24 bits per heavy atom. The number of amides is 3. The van der Waals surface area contributed by atoms with Crippen molar-refractivity contribution in [1.82, 2.24) is 10.2 Å². The summed E-state index contributed by atoms with van der Waals surface area (Å²) in [5, 5.41) is 12.6. The Labute approximate surface area is 146 Å². The van der Waals surface area contributed by atoms with Crippen LogP contribution in [0.1, 0.15) is 48.2 Å². The number of imide groups is 1. The van der Waals surface area contributed by atoms with Crippen molar-refractivity contribution in [3.63, 3.8) is 0 Å². The Morgan fingerprint density at radius 3 is 2.48 bits per heavy atom. The summed E-state index contributed by atoms with van der Waals surface area (Å²) in [6.07, 6.45) is 3.93. The molecule has 1 aliphatic carbocycles. The van der Waals surface area contributed by atoms with Gasteiger partial charge in [0.05, 0.1) is 6.54 Å². The van der Waals surface area contributed by atoms with Gasteiger partial charge < -0.3 is 15.2 Å². The average molecular weight is 346 g/mol. The Morgan fingerprint density at radius 2 is 1.88 bits per heavy atom. The number of carbonyl (C=O) groups excluding carboxylic acids is 3. The average Bonchev–Trinajstić information content (AvgIpc) is 2.75. The number of nitrogens with zero attached hydrogens (tertiary/aromatic N) is 1. The fourth-order valence-electron chi connectivity index (χ4n) is 3.26. The second-order valence-corrected chi connectivity index (χ2v) is 6.99. The summed E-state index contributed by atoms with van der Waals surface area (Å²) in [7, 11) is 0. The van der Waals surface area contributed by atoms with Crippen LogP contribution < -0.4 is 5.32 Å². The molecule has 0 radical (unpaired) electrons. The van der Waals surface area contributed by atoms with Crippen LogP contribution in [0.5, 0.6) is 5.75 Å². The number of urea groups is 1. The van der Waals surface area contributed by atoms with Crippen molar-refractivity contribution in [1.29, 1.82) is 0 Å². The first-order chi connectivity index (χ1) is 11.8. The lowest BCUT2D eigenvalue weighted by atomic mass is 9.90. The summed E-state index contributed by atoms with van der Waals surface area (Å²) in [6.45, 7) is 3.09. The molecule has 134 valence electrons. The van der Waals surface area contributed by atoms with Gasteiger partial charge in [0, 0.05) is 0 Å². The SMILES string of the molecule is CC1(C)NC(=O)N(CCOC(=O)c2cc3c(cc2O)CCCC3)C1=O. The molecule has 7 nitrogen and oxygen atoms in total. The van der Waals surface area contributed by atoms with E-state index in [1.54, 1.807) is 26.0 Å². The van der Waals surface area contributed by atoms with E-state index in [0.717, 1.165) is 41.7 Å². The van der Waals surface area contributed by atoms with E-state index in [4.69, 9.17) is 4.74 Å². The van der Waals surface area contributed by atoms with Crippen LogP contribution in [0.2, 0.25) is 0 Å².